The van der Waals surface area contributed by atoms with Crippen molar-refractivity contribution in [3.8, 4) is 0 Å². The molecule has 0 heterocycles. The number of benzene rings is 2. The third-order valence-corrected chi connectivity index (χ3v) is 8.04. The molecule has 43 heavy (non-hydrogen) atoms. The molecule has 15 nitrogen and oxygen atoms in total. The van der Waals surface area contributed by atoms with Crippen LogP contribution in [-0.2, 0) is 28.9 Å². The molecule has 0 aliphatic carbocycles. The number of hydrogen-bond acceptors (Lipinski definition) is 11. The summed E-state index contributed by atoms with van der Waals surface area (Å²) in [6.07, 6.45) is -0.843. The number of thioether (sulfide) groups is 1. The molecular formula is C25H28AsFN4O11S. The van der Waals surface area contributed by atoms with Crippen molar-refractivity contribution in [3.05, 3.63) is 59.9 Å². The standard InChI is InChI=1S/C25H28AsFN4O11S/c27-16-5-1-14(2-6-16)23(36)31-18(25(38)42-41)9-10-20(32)30-19(24(37)28-11-22(34)35)12-43-13-21(33)29-17-7-3-15(4-8-17)26(39)40/h1-8,18-19,39-41H,9-13H2,(H,28,37)(H,29,33)(H,30,32)(H,31,36)(H,34,35)/t18-,19-/m0/s1/i27-1. The molecule has 0 saturated heterocycles. The number of carbonyl (C=O) groups is 6. The normalized spacial score (nSPS) is 12.0. The minimum Gasteiger partial charge on any atom is -0.338 e. The van der Waals surface area contributed by atoms with Crippen LogP contribution >= 0.6 is 11.8 Å². The Hall–Kier alpha value is -4.02. The van der Waals surface area contributed by atoms with Crippen LogP contribution in [0.25, 0.3) is 0 Å². The van der Waals surface area contributed by atoms with Crippen molar-refractivity contribution < 1.29 is 56.6 Å². The molecule has 4 amide bonds. The predicted molar refractivity (Wildman–Crippen MR) is 150 cm³/mol. The second-order valence-electron chi connectivity index (χ2n) is 8.61. The van der Waals surface area contributed by atoms with E-state index in [0.717, 1.165) is 36.0 Å². The average molecular weight is 686 g/mol. The number of carboxylic acid groups (broad SMARTS) is 1. The van der Waals surface area contributed by atoms with Crippen molar-refractivity contribution in [2.75, 3.05) is 23.4 Å². The summed E-state index contributed by atoms with van der Waals surface area (Å²) < 4.78 is 32.0. The first kappa shape index (κ1) is 35.2. The summed E-state index contributed by atoms with van der Waals surface area (Å²) in [5.74, 6) is -6.49. The van der Waals surface area contributed by atoms with Crippen LogP contribution in [0.1, 0.15) is 23.2 Å². The number of amides is 4. The molecule has 2 aromatic rings. The van der Waals surface area contributed by atoms with Crippen LogP contribution in [0.5, 0.6) is 0 Å². The summed E-state index contributed by atoms with van der Waals surface area (Å²) in [5.41, 5.74) is 0.372. The monoisotopic (exact) mass is 685 g/mol. The zero-order valence-corrected chi connectivity index (χ0v) is 24.9. The Morgan fingerprint density at radius 1 is 0.907 bits per heavy atom. The second-order valence-corrected chi connectivity index (χ2v) is 11.9. The molecule has 0 aromatic heterocycles. The first-order valence-electron chi connectivity index (χ1n) is 12.3. The third kappa shape index (κ3) is 12.8. The summed E-state index contributed by atoms with van der Waals surface area (Å²) in [6, 6.07) is 7.42. The molecule has 0 unspecified atom stereocenters. The van der Waals surface area contributed by atoms with Crippen LogP contribution in [0.2, 0.25) is 0 Å². The van der Waals surface area contributed by atoms with E-state index in [-0.39, 0.29) is 23.5 Å². The van der Waals surface area contributed by atoms with Gasteiger partial charge in [-0.05, 0) is 30.7 Å². The molecule has 8 N–H and O–H groups in total. The zero-order chi connectivity index (χ0) is 31.9. The zero-order valence-electron chi connectivity index (χ0n) is 22.2. The number of rotatable bonds is 16. The molecule has 0 fully saturated rings. The van der Waals surface area contributed by atoms with Gasteiger partial charge in [-0.3, -0.25) is 19.3 Å². The number of anilines is 1. The van der Waals surface area contributed by atoms with Gasteiger partial charge in [-0.1, -0.05) is 0 Å². The summed E-state index contributed by atoms with van der Waals surface area (Å²) in [5, 5.41) is 27.0. The third-order valence-electron chi connectivity index (χ3n) is 5.41. The van der Waals surface area contributed by atoms with Gasteiger partial charge in [-0.2, -0.15) is 5.26 Å². The molecule has 0 spiro atoms. The SMILES string of the molecule is O=C(O)CNC(=O)[C@H](CSCC(=O)Nc1ccc([As](O)O)cc1)NC(=O)CC[C@H](NC(=O)c1ccc([18F])cc1)C(=O)OO. The Labute approximate surface area is 253 Å². The van der Waals surface area contributed by atoms with Crippen LogP contribution < -0.4 is 25.6 Å². The molecule has 0 saturated carbocycles. The molecule has 0 aliphatic rings. The fraction of sp³-hybridized carbons (Fsp3) is 0.280. The molecule has 2 rings (SSSR count). The van der Waals surface area contributed by atoms with Crippen molar-refractivity contribution in [3.63, 3.8) is 0 Å². The first-order chi connectivity index (χ1) is 20.4. The van der Waals surface area contributed by atoms with Gasteiger partial charge in [0.2, 0.25) is 0 Å². The van der Waals surface area contributed by atoms with Gasteiger partial charge in [0.1, 0.15) is 18.4 Å². The van der Waals surface area contributed by atoms with E-state index in [2.05, 4.69) is 26.2 Å². The van der Waals surface area contributed by atoms with Gasteiger partial charge in [0.25, 0.3) is 5.91 Å². The Bertz CT molecular complexity index is 1300. The fourth-order valence-corrected chi connectivity index (χ4v) is 5.03. The van der Waals surface area contributed by atoms with E-state index in [1.54, 1.807) is 0 Å². The van der Waals surface area contributed by atoms with Crippen LogP contribution in [0.4, 0.5) is 10.1 Å². The van der Waals surface area contributed by atoms with Crippen molar-refractivity contribution in [1.82, 2.24) is 16.0 Å². The van der Waals surface area contributed by atoms with Crippen molar-refractivity contribution in [2.24, 2.45) is 0 Å². The molecule has 0 aliphatic heterocycles. The van der Waals surface area contributed by atoms with Gasteiger partial charge < -0.3 is 10.4 Å². The molecule has 0 bridgehead atoms. The topological polar surface area (TPSA) is 241 Å². The number of aliphatic carboxylic acids is 1. The van der Waals surface area contributed by atoms with Crippen LogP contribution in [-0.4, -0.2) is 99.6 Å². The van der Waals surface area contributed by atoms with Crippen molar-refractivity contribution >= 4 is 72.7 Å². The Balaban J connectivity index is 1.96. The molecule has 2 atom stereocenters. The van der Waals surface area contributed by atoms with Gasteiger partial charge in [0, 0.05) is 12.0 Å². The number of carboxylic acids is 1. The van der Waals surface area contributed by atoms with Crippen LogP contribution in [0.15, 0.2) is 48.5 Å². The van der Waals surface area contributed by atoms with Crippen molar-refractivity contribution in [2.45, 2.75) is 24.9 Å². The number of carbonyl (C=O) groups excluding carboxylic acids is 5. The Kier molecular flexibility index (Phi) is 14.6. The molecular weight excluding hydrogens is 657 g/mol. The summed E-state index contributed by atoms with van der Waals surface area (Å²) in [4.78, 5) is 76.3. The quantitative estimate of drug-likeness (QED) is 0.0570. The Morgan fingerprint density at radius 2 is 1.56 bits per heavy atom. The molecule has 18 heteroatoms. The maximum atomic E-state index is 13.1. The molecule has 0 radical (unpaired) electrons. The number of hydrogen-bond donors (Lipinski definition) is 8. The van der Waals surface area contributed by atoms with Crippen LogP contribution in [0, 0.1) is 5.82 Å². The van der Waals surface area contributed by atoms with Gasteiger partial charge in [-0.15, -0.1) is 0 Å². The predicted octanol–water partition coefficient (Wildman–Crippen LogP) is -1.54. The summed E-state index contributed by atoms with van der Waals surface area (Å²) >= 11 is -2.10. The van der Waals surface area contributed by atoms with E-state index in [9.17, 15) is 41.3 Å². The number of nitrogens with one attached hydrogen (secondary N) is 4. The summed E-state index contributed by atoms with van der Waals surface area (Å²) in [6.45, 7) is -0.738. The molecule has 2 aromatic carbocycles. The van der Waals surface area contributed by atoms with E-state index >= 15 is 0 Å². The van der Waals surface area contributed by atoms with Gasteiger partial charge in [0.05, 0.1) is 0 Å². The fourth-order valence-electron chi connectivity index (χ4n) is 3.31. The first-order valence-corrected chi connectivity index (χ1v) is 16.0. The summed E-state index contributed by atoms with van der Waals surface area (Å²) in [7, 11) is 0. The van der Waals surface area contributed by atoms with Gasteiger partial charge >= 0.3 is 142 Å². The van der Waals surface area contributed by atoms with E-state index in [1.807, 2.05) is 0 Å². The van der Waals surface area contributed by atoms with E-state index in [0.29, 0.717) is 10.0 Å². The smallest absolute Gasteiger partial charge is 0.338 e. The average Bonchev–Trinajstić information content (AvgIpc) is 2.97. The van der Waals surface area contributed by atoms with Gasteiger partial charge in [0.15, 0.2) is 0 Å². The minimum atomic E-state index is -3.04. The minimum absolute atomic E-state index is 0.0134. The van der Waals surface area contributed by atoms with Crippen molar-refractivity contribution in [1.29, 1.82) is 0 Å². The van der Waals surface area contributed by atoms with E-state index in [1.165, 1.54) is 24.3 Å². The van der Waals surface area contributed by atoms with E-state index < -0.39 is 81.8 Å². The maximum absolute atomic E-state index is 13.1. The second kappa shape index (κ2) is 17.8. The van der Waals surface area contributed by atoms with Crippen LogP contribution in [0.3, 0.4) is 0 Å². The number of halogens is 1. The van der Waals surface area contributed by atoms with Gasteiger partial charge in [-0.25, -0.2) is 9.18 Å². The molecule has 232 valence electrons. The van der Waals surface area contributed by atoms with E-state index in [4.69, 9.17) is 10.4 Å². The Morgan fingerprint density at radius 3 is 2.14 bits per heavy atom.